The summed E-state index contributed by atoms with van der Waals surface area (Å²) >= 11 is 0. The van der Waals surface area contributed by atoms with Gasteiger partial charge in [0.05, 0.1) is 0 Å². The van der Waals surface area contributed by atoms with Crippen LogP contribution in [0.4, 0.5) is 0 Å². The van der Waals surface area contributed by atoms with Crippen LogP contribution in [-0.2, 0) is 4.79 Å². The van der Waals surface area contributed by atoms with Crippen LogP contribution in [0.5, 0.6) is 5.75 Å². The third kappa shape index (κ3) is 5.12. The van der Waals surface area contributed by atoms with Crippen molar-refractivity contribution in [3.05, 3.63) is 65.2 Å². The van der Waals surface area contributed by atoms with E-state index in [1.54, 1.807) is 0 Å². The maximum Gasteiger partial charge on any atom is 0.257 e. The molecule has 0 unspecified atom stereocenters. The number of amides is 1. The molecule has 0 aliphatic heterocycles. The highest BCUT2D eigenvalue weighted by Gasteiger charge is 2.11. The predicted octanol–water partition coefficient (Wildman–Crippen LogP) is 4.42. The SMILES string of the molecule is Cc1ccc(C(C)C)c(OCC(=O)NC[C@H](C)c2ccccc2)c1. The molecule has 0 radical (unpaired) electrons. The van der Waals surface area contributed by atoms with Gasteiger partial charge in [-0.15, -0.1) is 0 Å². The van der Waals surface area contributed by atoms with E-state index < -0.39 is 0 Å². The summed E-state index contributed by atoms with van der Waals surface area (Å²) in [6.07, 6.45) is 0. The molecule has 3 nitrogen and oxygen atoms in total. The molecular weight excluding hydrogens is 298 g/mol. The summed E-state index contributed by atoms with van der Waals surface area (Å²) < 4.78 is 5.77. The van der Waals surface area contributed by atoms with Gasteiger partial charge in [-0.2, -0.15) is 0 Å². The van der Waals surface area contributed by atoms with E-state index in [1.165, 1.54) is 5.56 Å². The van der Waals surface area contributed by atoms with Crippen LogP contribution < -0.4 is 10.1 Å². The van der Waals surface area contributed by atoms with Gasteiger partial charge in [0.25, 0.3) is 5.91 Å². The topological polar surface area (TPSA) is 38.3 Å². The number of aryl methyl sites for hydroxylation is 1. The van der Waals surface area contributed by atoms with E-state index in [2.05, 4.69) is 50.4 Å². The molecule has 1 atom stereocenters. The number of nitrogens with one attached hydrogen (secondary N) is 1. The normalized spacial score (nSPS) is 12.0. The van der Waals surface area contributed by atoms with Gasteiger partial charge in [0, 0.05) is 6.54 Å². The van der Waals surface area contributed by atoms with Crippen LogP contribution in [0.15, 0.2) is 48.5 Å². The summed E-state index contributed by atoms with van der Waals surface area (Å²) in [4.78, 5) is 12.1. The van der Waals surface area contributed by atoms with Gasteiger partial charge in [0.1, 0.15) is 5.75 Å². The molecule has 128 valence electrons. The van der Waals surface area contributed by atoms with E-state index >= 15 is 0 Å². The standard InChI is InChI=1S/C21H27NO2/c1-15(2)19-11-10-16(3)12-20(19)24-14-21(23)22-13-17(4)18-8-6-5-7-9-18/h5-12,15,17H,13-14H2,1-4H3,(H,22,23)/t17-/m0/s1. The second kappa shape index (κ2) is 8.53. The van der Waals surface area contributed by atoms with Gasteiger partial charge in [-0.1, -0.05) is 63.2 Å². The zero-order valence-corrected chi connectivity index (χ0v) is 15.0. The Labute approximate surface area is 145 Å². The van der Waals surface area contributed by atoms with Crippen molar-refractivity contribution in [2.75, 3.05) is 13.2 Å². The van der Waals surface area contributed by atoms with Crippen molar-refractivity contribution in [1.29, 1.82) is 0 Å². The molecule has 0 aromatic heterocycles. The molecule has 1 N–H and O–H groups in total. The molecule has 0 heterocycles. The number of hydrogen-bond donors (Lipinski definition) is 1. The van der Waals surface area contributed by atoms with Gasteiger partial charge in [-0.05, 0) is 41.5 Å². The Morgan fingerprint density at radius 2 is 1.79 bits per heavy atom. The fourth-order valence-electron chi connectivity index (χ4n) is 2.60. The molecule has 0 fully saturated rings. The fourth-order valence-corrected chi connectivity index (χ4v) is 2.60. The number of benzene rings is 2. The van der Waals surface area contributed by atoms with Gasteiger partial charge in [-0.25, -0.2) is 0 Å². The number of ether oxygens (including phenoxy) is 1. The lowest BCUT2D eigenvalue weighted by Crippen LogP contribution is -2.32. The highest BCUT2D eigenvalue weighted by atomic mass is 16.5. The van der Waals surface area contributed by atoms with Crippen molar-refractivity contribution in [3.8, 4) is 5.75 Å². The first-order valence-corrected chi connectivity index (χ1v) is 8.52. The second-order valence-corrected chi connectivity index (χ2v) is 6.60. The van der Waals surface area contributed by atoms with Gasteiger partial charge in [0.2, 0.25) is 0 Å². The minimum absolute atomic E-state index is 0.0463. The Hall–Kier alpha value is -2.29. The lowest BCUT2D eigenvalue weighted by atomic mass is 10.0. The minimum Gasteiger partial charge on any atom is -0.483 e. The summed E-state index contributed by atoms with van der Waals surface area (Å²) in [6, 6.07) is 16.3. The molecule has 2 aromatic carbocycles. The average Bonchev–Trinajstić information content (AvgIpc) is 2.58. The number of rotatable bonds is 7. The van der Waals surface area contributed by atoms with E-state index in [9.17, 15) is 4.79 Å². The maximum atomic E-state index is 12.1. The molecule has 2 rings (SSSR count). The molecule has 0 saturated heterocycles. The molecule has 0 saturated carbocycles. The third-order valence-electron chi connectivity index (χ3n) is 4.12. The Morgan fingerprint density at radius 3 is 2.46 bits per heavy atom. The smallest absolute Gasteiger partial charge is 0.257 e. The van der Waals surface area contributed by atoms with Crippen molar-refractivity contribution in [2.24, 2.45) is 0 Å². The quantitative estimate of drug-likeness (QED) is 0.818. The van der Waals surface area contributed by atoms with E-state index in [0.717, 1.165) is 16.9 Å². The van der Waals surface area contributed by atoms with E-state index in [4.69, 9.17) is 4.74 Å². The highest BCUT2D eigenvalue weighted by molar-refractivity contribution is 5.77. The largest absolute Gasteiger partial charge is 0.483 e. The monoisotopic (exact) mass is 325 g/mol. The van der Waals surface area contributed by atoms with Crippen LogP contribution in [0.3, 0.4) is 0 Å². The summed E-state index contributed by atoms with van der Waals surface area (Å²) in [7, 11) is 0. The summed E-state index contributed by atoms with van der Waals surface area (Å²) in [5.41, 5.74) is 3.48. The first kappa shape index (κ1) is 18.1. The molecule has 0 aliphatic rings. The Bertz CT molecular complexity index is 665. The van der Waals surface area contributed by atoms with Crippen molar-refractivity contribution in [2.45, 2.75) is 39.5 Å². The molecule has 0 aliphatic carbocycles. The second-order valence-electron chi connectivity index (χ2n) is 6.60. The van der Waals surface area contributed by atoms with E-state index in [0.29, 0.717) is 12.5 Å². The molecule has 24 heavy (non-hydrogen) atoms. The summed E-state index contributed by atoms with van der Waals surface area (Å²) in [5, 5.41) is 2.95. The minimum atomic E-state index is -0.0889. The van der Waals surface area contributed by atoms with Gasteiger partial charge >= 0.3 is 0 Å². The number of carbonyl (C=O) groups excluding carboxylic acids is 1. The van der Waals surface area contributed by atoms with Crippen LogP contribution in [-0.4, -0.2) is 19.1 Å². The number of hydrogen-bond acceptors (Lipinski definition) is 2. The van der Waals surface area contributed by atoms with Crippen LogP contribution in [0.1, 0.15) is 49.3 Å². The Balaban J connectivity index is 1.86. The Kier molecular flexibility index (Phi) is 6.42. The highest BCUT2D eigenvalue weighted by Crippen LogP contribution is 2.27. The number of carbonyl (C=O) groups is 1. The maximum absolute atomic E-state index is 12.1. The Morgan fingerprint density at radius 1 is 1.08 bits per heavy atom. The molecule has 1 amide bonds. The molecule has 2 aromatic rings. The van der Waals surface area contributed by atoms with Gasteiger partial charge < -0.3 is 10.1 Å². The van der Waals surface area contributed by atoms with Crippen molar-refractivity contribution in [1.82, 2.24) is 5.32 Å². The predicted molar refractivity (Wildman–Crippen MR) is 98.6 cm³/mol. The summed E-state index contributed by atoms with van der Waals surface area (Å²) in [6.45, 7) is 9.03. The fraction of sp³-hybridized carbons (Fsp3) is 0.381. The molecule has 0 bridgehead atoms. The van der Waals surface area contributed by atoms with Crippen molar-refractivity contribution >= 4 is 5.91 Å². The van der Waals surface area contributed by atoms with Crippen molar-refractivity contribution in [3.63, 3.8) is 0 Å². The first-order valence-electron chi connectivity index (χ1n) is 8.52. The zero-order valence-electron chi connectivity index (χ0n) is 15.0. The van der Waals surface area contributed by atoms with E-state index in [-0.39, 0.29) is 18.4 Å². The molecular formula is C21H27NO2. The molecule has 0 spiro atoms. The van der Waals surface area contributed by atoms with Gasteiger partial charge in [-0.3, -0.25) is 4.79 Å². The van der Waals surface area contributed by atoms with Crippen LogP contribution in [0.25, 0.3) is 0 Å². The van der Waals surface area contributed by atoms with Crippen molar-refractivity contribution < 1.29 is 9.53 Å². The lowest BCUT2D eigenvalue weighted by molar-refractivity contribution is -0.123. The van der Waals surface area contributed by atoms with Crippen LogP contribution in [0.2, 0.25) is 0 Å². The van der Waals surface area contributed by atoms with E-state index in [1.807, 2.05) is 31.2 Å². The zero-order chi connectivity index (χ0) is 17.5. The summed E-state index contributed by atoms with van der Waals surface area (Å²) in [5.74, 6) is 1.35. The lowest BCUT2D eigenvalue weighted by Gasteiger charge is -2.16. The molecule has 3 heteroatoms. The average molecular weight is 325 g/mol. The van der Waals surface area contributed by atoms with Gasteiger partial charge in [0.15, 0.2) is 6.61 Å². The van der Waals surface area contributed by atoms with Crippen LogP contribution >= 0.6 is 0 Å². The third-order valence-corrected chi connectivity index (χ3v) is 4.12. The van der Waals surface area contributed by atoms with Crippen LogP contribution in [0, 0.1) is 6.92 Å². The first-order chi connectivity index (χ1) is 11.5.